The molecule has 160 valence electrons. The van der Waals surface area contributed by atoms with Crippen LogP contribution in [0.3, 0.4) is 0 Å². The summed E-state index contributed by atoms with van der Waals surface area (Å²) >= 11 is 0. The summed E-state index contributed by atoms with van der Waals surface area (Å²) in [7, 11) is 0. The third kappa shape index (κ3) is 4.34. The summed E-state index contributed by atoms with van der Waals surface area (Å²) < 4.78 is 20.4. The molecule has 0 fully saturated rings. The van der Waals surface area contributed by atoms with Gasteiger partial charge in [-0.3, -0.25) is 4.79 Å². The Morgan fingerprint density at radius 1 is 1.13 bits per heavy atom. The number of rotatable bonds is 8. The maximum absolute atomic E-state index is 13.3. The Bertz CT molecular complexity index is 1220. The van der Waals surface area contributed by atoms with Gasteiger partial charge < -0.3 is 20.4 Å². The number of benzene rings is 2. The van der Waals surface area contributed by atoms with Crippen LogP contribution in [0.15, 0.2) is 48.5 Å². The van der Waals surface area contributed by atoms with Crippen molar-refractivity contribution in [3.05, 3.63) is 65.5 Å². The number of halogens is 1. The van der Waals surface area contributed by atoms with E-state index in [0.717, 1.165) is 5.56 Å². The van der Waals surface area contributed by atoms with Crippen molar-refractivity contribution in [1.82, 2.24) is 19.9 Å². The molecule has 7 nitrogen and oxygen atoms in total. The highest BCUT2D eigenvalue weighted by molar-refractivity contribution is 6.10. The molecule has 1 amide bonds. The highest BCUT2D eigenvalue weighted by Gasteiger charge is 2.24. The van der Waals surface area contributed by atoms with Crippen LogP contribution < -0.4 is 11.1 Å². The lowest BCUT2D eigenvalue weighted by molar-refractivity contribution is 0.0946. The summed E-state index contributed by atoms with van der Waals surface area (Å²) in [4.78, 5) is 22.4. The molecule has 2 aromatic heterocycles. The van der Waals surface area contributed by atoms with Crippen LogP contribution in [-0.4, -0.2) is 40.2 Å². The van der Waals surface area contributed by atoms with Gasteiger partial charge in [0, 0.05) is 19.8 Å². The summed E-state index contributed by atoms with van der Waals surface area (Å²) in [6.45, 7) is 3.94. The number of aromatic nitrogens is 3. The zero-order valence-corrected chi connectivity index (χ0v) is 17.3. The highest BCUT2D eigenvalue weighted by Crippen LogP contribution is 2.28. The molecule has 0 saturated carbocycles. The normalized spacial score (nSPS) is 11.3. The lowest BCUT2D eigenvalue weighted by Crippen LogP contribution is -2.26. The number of ether oxygens (including phenoxy) is 1. The number of nitrogen functional groups attached to an aromatic ring is 1. The van der Waals surface area contributed by atoms with Gasteiger partial charge in [0.05, 0.1) is 17.6 Å². The van der Waals surface area contributed by atoms with Crippen LogP contribution in [0.4, 0.5) is 10.2 Å². The van der Waals surface area contributed by atoms with Crippen molar-refractivity contribution in [3.8, 4) is 0 Å². The zero-order chi connectivity index (χ0) is 21.8. The molecule has 0 aliphatic rings. The van der Waals surface area contributed by atoms with Crippen molar-refractivity contribution in [2.24, 2.45) is 0 Å². The first-order chi connectivity index (χ1) is 15.1. The molecule has 0 spiro atoms. The average molecular weight is 421 g/mol. The number of nitrogens with two attached hydrogens (primary N) is 1. The lowest BCUT2D eigenvalue weighted by atomic mass is 10.2. The lowest BCUT2D eigenvalue weighted by Gasteiger charge is -2.08. The molecule has 3 N–H and O–H groups in total. The summed E-state index contributed by atoms with van der Waals surface area (Å²) in [5.41, 5.74) is 9.91. The Morgan fingerprint density at radius 2 is 1.84 bits per heavy atom. The molecule has 0 saturated heterocycles. The van der Waals surface area contributed by atoms with E-state index in [2.05, 4.69) is 10.3 Å². The van der Waals surface area contributed by atoms with Gasteiger partial charge in [-0.05, 0) is 43.2 Å². The molecule has 0 atom stereocenters. The molecule has 4 rings (SSSR count). The molecule has 0 radical (unpaired) electrons. The largest absolute Gasteiger partial charge is 0.384 e. The van der Waals surface area contributed by atoms with E-state index < -0.39 is 0 Å². The fraction of sp³-hybridized carbons (Fsp3) is 0.261. The van der Waals surface area contributed by atoms with Crippen molar-refractivity contribution >= 4 is 33.9 Å². The third-order valence-electron chi connectivity index (χ3n) is 5.03. The van der Waals surface area contributed by atoms with Gasteiger partial charge in [0.15, 0.2) is 5.65 Å². The summed E-state index contributed by atoms with van der Waals surface area (Å²) in [6, 6.07) is 13.6. The van der Waals surface area contributed by atoms with Gasteiger partial charge in [0.25, 0.3) is 5.91 Å². The first-order valence-corrected chi connectivity index (χ1v) is 10.2. The molecule has 31 heavy (non-hydrogen) atoms. The second kappa shape index (κ2) is 9.09. The first-order valence-electron chi connectivity index (χ1n) is 10.2. The van der Waals surface area contributed by atoms with E-state index in [9.17, 15) is 9.18 Å². The van der Waals surface area contributed by atoms with E-state index in [1.54, 1.807) is 16.7 Å². The number of nitrogens with zero attached hydrogens (tertiary/aromatic N) is 3. The Morgan fingerprint density at radius 3 is 2.55 bits per heavy atom. The van der Waals surface area contributed by atoms with Gasteiger partial charge in [-0.1, -0.05) is 24.3 Å². The van der Waals surface area contributed by atoms with Gasteiger partial charge in [0.2, 0.25) is 0 Å². The van der Waals surface area contributed by atoms with Crippen LogP contribution in [0, 0.1) is 5.82 Å². The van der Waals surface area contributed by atoms with Crippen molar-refractivity contribution in [2.75, 3.05) is 25.5 Å². The van der Waals surface area contributed by atoms with Gasteiger partial charge in [-0.2, -0.15) is 0 Å². The maximum atomic E-state index is 13.3. The number of hydrogen-bond donors (Lipinski definition) is 2. The average Bonchev–Trinajstić information content (AvgIpc) is 3.04. The van der Waals surface area contributed by atoms with Crippen molar-refractivity contribution in [1.29, 1.82) is 0 Å². The van der Waals surface area contributed by atoms with Crippen LogP contribution in [-0.2, 0) is 11.3 Å². The summed E-state index contributed by atoms with van der Waals surface area (Å²) in [6.07, 6.45) is 0.697. The topological polar surface area (TPSA) is 95.1 Å². The minimum absolute atomic E-state index is 0.275. The first kappa shape index (κ1) is 20.7. The minimum atomic E-state index is -0.313. The van der Waals surface area contributed by atoms with Gasteiger partial charge in [0.1, 0.15) is 22.7 Å². The number of hydrogen-bond acceptors (Lipinski definition) is 5. The van der Waals surface area contributed by atoms with Crippen LogP contribution in [0.2, 0.25) is 0 Å². The smallest absolute Gasteiger partial charge is 0.257 e. The molecule has 0 bridgehead atoms. The van der Waals surface area contributed by atoms with Crippen LogP contribution in [0.25, 0.3) is 22.2 Å². The fourth-order valence-corrected chi connectivity index (χ4v) is 3.48. The second-order valence-corrected chi connectivity index (χ2v) is 7.16. The molecule has 0 aliphatic carbocycles. The predicted molar refractivity (Wildman–Crippen MR) is 118 cm³/mol. The van der Waals surface area contributed by atoms with Crippen LogP contribution in [0.5, 0.6) is 0 Å². The Labute approximate surface area is 179 Å². The molecule has 0 aliphatic heterocycles. The van der Waals surface area contributed by atoms with E-state index in [-0.39, 0.29) is 17.5 Å². The van der Waals surface area contributed by atoms with E-state index in [0.29, 0.717) is 60.5 Å². The summed E-state index contributed by atoms with van der Waals surface area (Å²) in [5.74, 6) is -0.342. The number of amides is 1. The van der Waals surface area contributed by atoms with Crippen molar-refractivity contribution in [2.45, 2.75) is 19.9 Å². The number of anilines is 1. The fourth-order valence-electron chi connectivity index (χ4n) is 3.48. The predicted octanol–water partition coefficient (Wildman–Crippen LogP) is 3.51. The number of carbonyl (C=O) groups is 1. The molecule has 2 heterocycles. The van der Waals surface area contributed by atoms with Gasteiger partial charge in [-0.15, -0.1) is 0 Å². The number of carbonyl (C=O) groups excluding carboxylic acids is 1. The maximum Gasteiger partial charge on any atom is 0.257 e. The van der Waals surface area contributed by atoms with E-state index >= 15 is 0 Å². The third-order valence-corrected chi connectivity index (χ3v) is 5.03. The Balaban J connectivity index is 1.75. The van der Waals surface area contributed by atoms with Gasteiger partial charge in [-0.25, -0.2) is 14.4 Å². The molecule has 4 aromatic rings. The van der Waals surface area contributed by atoms with E-state index in [4.69, 9.17) is 15.5 Å². The minimum Gasteiger partial charge on any atom is -0.384 e. The van der Waals surface area contributed by atoms with Crippen LogP contribution >= 0.6 is 0 Å². The monoisotopic (exact) mass is 421 g/mol. The van der Waals surface area contributed by atoms with Crippen molar-refractivity contribution < 1.29 is 13.9 Å². The van der Waals surface area contributed by atoms with Crippen molar-refractivity contribution in [3.63, 3.8) is 0 Å². The van der Waals surface area contributed by atoms with E-state index in [1.165, 1.54) is 12.1 Å². The molecule has 2 aromatic carbocycles. The molecule has 8 heteroatoms. The SMILES string of the molecule is CCOCCCNC(=O)c1c(N)n(Cc2ccc(F)cc2)c2nc3ccccc3nc12. The molecular weight excluding hydrogens is 397 g/mol. The van der Waals surface area contributed by atoms with Gasteiger partial charge >= 0.3 is 0 Å². The number of para-hydroxylation sites is 2. The quantitative estimate of drug-likeness (QED) is 0.425. The highest BCUT2D eigenvalue weighted by atomic mass is 19.1. The van der Waals surface area contributed by atoms with E-state index in [1.807, 2.05) is 31.2 Å². The Kier molecular flexibility index (Phi) is 6.08. The summed E-state index contributed by atoms with van der Waals surface area (Å²) in [5, 5.41) is 2.89. The standard InChI is InChI=1S/C23H24FN5O2/c1-2-31-13-5-12-26-23(30)19-20-22(28-18-7-4-3-6-17(18)27-20)29(21(19)25)14-15-8-10-16(24)11-9-15/h3-4,6-11H,2,5,12-14,25H2,1H3,(H,26,30). The molecule has 0 unspecified atom stereocenters. The molecular formula is C23H24FN5O2. The number of fused-ring (bicyclic) bond motifs is 2. The second-order valence-electron chi connectivity index (χ2n) is 7.16. The Hall–Kier alpha value is -3.52. The number of nitrogens with one attached hydrogen (secondary N) is 1. The van der Waals surface area contributed by atoms with Crippen LogP contribution in [0.1, 0.15) is 29.3 Å². The zero-order valence-electron chi connectivity index (χ0n) is 17.3.